The third-order valence-corrected chi connectivity index (χ3v) is 4.89. The van der Waals surface area contributed by atoms with Crippen LogP contribution in [0.4, 0.5) is 0 Å². The van der Waals surface area contributed by atoms with E-state index in [-0.39, 0.29) is 0 Å². The summed E-state index contributed by atoms with van der Waals surface area (Å²) in [6.45, 7) is 1.02. The second-order valence-electron chi connectivity index (χ2n) is 3.83. The molecule has 0 unspecified atom stereocenters. The van der Waals surface area contributed by atoms with E-state index in [1.807, 2.05) is 13.1 Å². The van der Waals surface area contributed by atoms with Gasteiger partial charge in [0.25, 0.3) is 0 Å². The summed E-state index contributed by atoms with van der Waals surface area (Å²) < 4.78 is 2.28. The van der Waals surface area contributed by atoms with Crippen LogP contribution in [-0.2, 0) is 6.42 Å². The van der Waals surface area contributed by atoms with E-state index in [0.717, 1.165) is 39.4 Å². The summed E-state index contributed by atoms with van der Waals surface area (Å²) in [5.41, 5.74) is 1.15. The monoisotopic (exact) mass is 437 g/mol. The summed E-state index contributed by atoms with van der Waals surface area (Å²) in [5, 5.41) is 13.8. The molecule has 96 valence electrons. The number of aryl methyl sites for hydroxylation is 1. The summed E-state index contributed by atoms with van der Waals surface area (Å²) >= 11 is 7.51. The van der Waals surface area contributed by atoms with Gasteiger partial charge in [-0.15, -0.1) is 10.2 Å². The lowest BCUT2D eigenvalue weighted by molar-refractivity contribution is 0.718. The molecule has 0 fully saturated rings. The van der Waals surface area contributed by atoms with E-state index in [1.54, 1.807) is 11.3 Å². The van der Waals surface area contributed by atoms with Crippen molar-refractivity contribution in [3.63, 3.8) is 0 Å². The zero-order valence-corrected chi connectivity index (χ0v) is 14.5. The van der Waals surface area contributed by atoms with Crippen molar-refractivity contribution in [2.24, 2.45) is 0 Å². The minimum atomic E-state index is 0.989. The molecule has 0 aliphatic heterocycles. The molecule has 1 heterocycles. The molecule has 6 heteroatoms. The lowest BCUT2D eigenvalue weighted by Gasteiger charge is -2.00. The van der Waals surface area contributed by atoms with Gasteiger partial charge < -0.3 is 5.32 Å². The van der Waals surface area contributed by atoms with Crippen molar-refractivity contribution >= 4 is 49.9 Å². The van der Waals surface area contributed by atoms with E-state index in [4.69, 9.17) is 0 Å². The van der Waals surface area contributed by atoms with Crippen LogP contribution >= 0.6 is 49.9 Å². The van der Waals surface area contributed by atoms with Crippen LogP contribution in [0, 0.1) is 3.57 Å². The minimum Gasteiger partial charge on any atom is -0.320 e. The minimum absolute atomic E-state index is 0.989. The molecule has 1 aromatic heterocycles. The number of halogens is 2. The first-order valence-electron chi connectivity index (χ1n) is 5.63. The van der Waals surface area contributed by atoms with Gasteiger partial charge in [-0.05, 0) is 60.8 Å². The van der Waals surface area contributed by atoms with E-state index in [0.29, 0.717) is 0 Å². The second-order valence-corrected chi connectivity index (χ2v) is 6.97. The molecular formula is C12H13BrIN3S. The average molecular weight is 438 g/mol. The molecule has 0 aliphatic carbocycles. The van der Waals surface area contributed by atoms with Crippen LogP contribution in [0.15, 0.2) is 22.7 Å². The normalized spacial score (nSPS) is 10.8. The van der Waals surface area contributed by atoms with Gasteiger partial charge in [0.2, 0.25) is 0 Å². The molecule has 0 aliphatic rings. The highest BCUT2D eigenvalue weighted by molar-refractivity contribution is 14.1. The largest absolute Gasteiger partial charge is 0.320 e. The molecule has 2 rings (SSSR count). The van der Waals surface area contributed by atoms with Gasteiger partial charge in [0.1, 0.15) is 10.0 Å². The number of benzene rings is 1. The topological polar surface area (TPSA) is 37.8 Å². The molecule has 0 radical (unpaired) electrons. The Morgan fingerprint density at radius 2 is 2.22 bits per heavy atom. The van der Waals surface area contributed by atoms with E-state index in [2.05, 4.69) is 66.2 Å². The van der Waals surface area contributed by atoms with Crippen LogP contribution in [0.25, 0.3) is 10.6 Å². The van der Waals surface area contributed by atoms with Gasteiger partial charge in [-0.25, -0.2) is 0 Å². The first kappa shape index (κ1) is 14.4. The first-order valence-corrected chi connectivity index (χ1v) is 8.32. The van der Waals surface area contributed by atoms with Gasteiger partial charge in [0.15, 0.2) is 0 Å². The smallest absolute Gasteiger partial charge is 0.148 e. The molecule has 0 amide bonds. The Balaban J connectivity index is 2.16. The molecule has 18 heavy (non-hydrogen) atoms. The number of hydrogen-bond acceptors (Lipinski definition) is 4. The van der Waals surface area contributed by atoms with Crippen molar-refractivity contribution in [3.8, 4) is 10.6 Å². The summed E-state index contributed by atoms with van der Waals surface area (Å²) in [6.07, 6.45) is 2.09. The molecule has 2 aromatic rings. The molecule has 0 saturated heterocycles. The van der Waals surface area contributed by atoms with Crippen molar-refractivity contribution in [2.75, 3.05) is 13.6 Å². The fourth-order valence-electron chi connectivity index (χ4n) is 1.54. The Hall–Kier alpha value is -0.0500. The average Bonchev–Trinajstić information content (AvgIpc) is 2.81. The maximum Gasteiger partial charge on any atom is 0.148 e. The highest BCUT2D eigenvalue weighted by Gasteiger charge is 2.10. The second kappa shape index (κ2) is 6.93. The zero-order valence-electron chi connectivity index (χ0n) is 9.91. The lowest BCUT2D eigenvalue weighted by atomic mass is 10.2. The van der Waals surface area contributed by atoms with Crippen LogP contribution in [0.5, 0.6) is 0 Å². The van der Waals surface area contributed by atoms with Crippen LogP contribution in [0.2, 0.25) is 0 Å². The van der Waals surface area contributed by atoms with Gasteiger partial charge in [-0.2, -0.15) is 0 Å². The summed E-state index contributed by atoms with van der Waals surface area (Å²) in [7, 11) is 1.97. The van der Waals surface area contributed by atoms with Crippen molar-refractivity contribution in [1.29, 1.82) is 0 Å². The number of aromatic nitrogens is 2. The highest BCUT2D eigenvalue weighted by atomic mass is 127. The van der Waals surface area contributed by atoms with Crippen molar-refractivity contribution in [3.05, 3.63) is 31.2 Å². The summed E-state index contributed by atoms with van der Waals surface area (Å²) in [4.78, 5) is 0. The van der Waals surface area contributed by atoms with Gasteiger partial charge in [-0.3, -0.25) is 0 Å². The van der Waals surface area contributed by atoms with Crippen molar-refractivity contribution in [2.45, 2.75) is 12.8 Å². The Kier molecular flexibility index (Phi) is 5.53. The van der Waals surface area contributed by atoms with E-state index in [1.165, 1.54) is 3.57 Å². The molecular weight excluding hydrogens is 425 g/mol. The number of nitrogens with zero attached hydrogens (tertiary/aromatic N) is 2. The molecule has 0 atom stereocenters. The number of hydrogen-bond donors (Lipinski definition) is 1. The molecule has 1 N–H and O–H groups in total. The molecule has 1 aromatic carbocycles. The van der Waals surface area contributed by atoms with Crippen LogP contribution in [0.3, 0.4) is 0 Å². The van der Waals surface area contributed by atoms with Gasteiger partial charge >= 0.3 is 0 Å². The van der Waals surface area contributed by atoms with Gasteiger partial charge in [0, 0.05) is 20.0 Å². The third-order valence-electron chi connectivity index (χ3n) is 2.44. The zero-order chi connectivity index (χ0) is 13.0. The van der Waals surface area contributed by atoms with Crippen molar-refractivity contribution in [1.82, 2.24) is 15.5 Å². The van der Waals surface area contributed by atoms with Crippen LogP contribution < -0.4 is 5.32 Å². The SMILES string of the molecule is CNCCCc1nnc(-c2cc(Br)ccc2I)s1. The van der Waals surface area contributed by atoms with Gasteiger partial charge in [-0.1, -0.05) is 27.3 Å². The summed E-state index contributed by atoms with van der Waals surface area (Å²) in [5.74, 6) is 0. The lowest BCUT2D eigenvalue weighted by Crippen LogP contribution is -2.08. The standard InChI is InChI=1S/C12H13BrIN3S/c1-15-6-2-3-11-16-17-12(18-11)9-7-8(13)4-5-10(9)14/h4-5,7,15H,2-3,6H2,1H3. The van der Waals surface area contributed by atoms with E-state index in [9.17, 15) is 0 Å². The highest BCUT2D eigenvalue weighted by Crippen LogP contribution is 2.30. The number of nitrogens with one attached hydrogen (secondary N) is 1. The maximum atomic E-state index is 4.29. The Bertz CT molecular complexity index is 530. The van der Waals surface area contributed by atoms with Crippen molar-refractivity contribution < 1.29 is 0 Å². The molecule has 0 spiro atoms. The quantitative estimate of drug-likeness (QED) is 0.572. The van der Waals surface area contributed by atoms with Gasteiger partial charge in [0.05, 0.1) is 0 Å². The Morgan fingerprint density at radius 1 is 1.39 bits per heavy atom. The predicted octanol–water partition coefficient (Wildman–Crippen LogP) is 3.72. The molecule has 3 nitrogen and oxygen atoms in total. The fourth-order valence-corrected chi connectivity index (χ4v) is 3.59. The third kappa shape index (κ3) is 3.72. The van der Waals surface area contributed by atoms with Crippen LogP contribution in [-0.4, -0.2) is 23.8 Å². The Labute approximate surface area is 133 Å². The fraction of sp³-hybridized carbons (Fsp3) is 0.333. The molecule has 0 bridgehead atoms. The Morgan fingerprint density at radius 3 is 3.00 bits per heavy atom. The number of rotatable bonds is 5. The predicted molar refractivity (Wildman–Crippen MR) is 88.0 cm³/mol. The van der Waals surface area contributed by atoms with Crippen LogP contribution in [0.1, 0.15) is 11.4 Å². The molecule has 0 saturated carbocycles. The first-order chi connectivity index (χ1) is 8.70. The summed E-state index contributed by atoms with van der Waals surface area (Å²) in [6, 6.07) is 6.22. The maximum absolute atomic E-state index is 4.29. The van der Waals surface area contributed by atoms with E-state index < -0.39 is 0 Å². The van der Waals surface area contributed by atoms with E-state index >= 15 is 0 Å².